The zero-order valence-corrected chi connectivity index (χ0v) is 11.3. The van der Waals surface area contributed by atoms with Gasteiger partial charge in [-0.05, 0) is 26.0 Å². The molecule has 1 aromatic carbocycles. The van der Waals surface area contributed by atoms with E-state index in [-0.39, 0.29) is 11.6 Å². The molecule has 0 aliphatic heterocycles. The van der Waals surface area contributed by atoms with Gasteiger partial charge in [0.1, 0.15) is 6.54 Å². The van der Waals surface area contributed by atoms with Crippen LogP contribution in [0.3, 0.4) is 0 Å². The van der Waals surface area contributed by atoms with Crippen molar-refractivity contribution in [1.82, 2.24) is 10.6 Å². The Hall–Kier alpha value is -2.57. The van der Waals surface area contributed by atoms with E-state index >= 15 is 0 Å². The van der Waals surface area contributed by atoms with Crippen molar-refractivity contribution >= 4 is 23.6 Å². The van der Waals surface area contributed by atoms with E-state index in [2.05, 4.69) is 16.0 Å². The monoisotopic (exact) mass is 279 g/mol. The number of urea groups is 1. The van der Waals surface area contributed by atoms with Gasteiger partial charge in [0.2, 0.25) is 0 Å². The molecule has 0 atom stereocenters. The van der Waals surface area contributed by atoms with Crippen LogP contribution in [0.15, 0.2) is 24.3 Å². The van der Waals surface area contributed by atoms with E-state index in [1.807, 2.05) is 13.8 Å². The van der Waals surface area contributed by atoms with Crippen LogP contribution < -0.4 is 16.0 Å². The minimum atomic E-state index is -1.14. The standard InChI is InChI=1S/C13H17N3O4/c1-8(2)15-13(20)16-10-6-4-3-5-9(10)12(19)14-7-11(17)18/h3-6,8H,7H2,1-2H3,(H,14,19)(H,17,18)(H2,15,16,20). The first-order valence-electron chi connectivity index (χ1n) is 6.06. The van der Waals surface area contributed by atoms with Gasteiger partial charge in [0.05, 0.1) is 11.3 Å². The highest BCUT2D eigenvalue weighted by molar-refractivity contribution is 6.04. The zero-order chi connectivity index (χ0) is 15.1. The molecule has 0 saturated carbocycles. The van der Waals surface area contributed by atoms with Crippen LogP contribution >= 0.6 is 0 Å². The van der Waals surface area contributed by atoms with Crippen molar-refractivity contribution in [2.45, 2.75) is 19.9 Å². The summed E-state index contributed by atoms with van der Waals surface area (Å²) in [7, 11) is 0. The summed E-state index contributed by atoms with van der Waals surface area (Å²) < 4.78 is 0. The average molecular weight is 279 g/mol. The summed E-state index contributed by atoms with van der Waals surface area (Å²) in [5.74, 6) is -1.70. The third kappa shape index (κ3) is 4.97. The molecule has 0 aliphatic carbocycles. The molecule has 0 spiro atoms. The van der Waals surface area contributed by atoms with Gasteiger partial charge in [-0.25, -0.2) is 4.79 Å². The van der Waals surface area contributed by atoms with Crippen LogP contribution in [0.25, 0.3) is 0 Å². The van der Waals surface area contributed by atoms with Gasteiger partial charge < -0.3 is 21.1 Å². The predicted molar refractivity (Wildman–Crippen MR) is 73.7 cm³/mol. The maximum absolute atomic E-state index is 11.8. The van der Waals surface area contributed by atoms with Crippen molar-refractivity contribution in [3.05, 3.63) is 29.8 Å². The molecule has 0 radical (unpaired) electrons. The Labute approximate surface area is 116 Å². The van der Waals surface area contributed by atoms with Crippen molar-refractivity contribution in [1.29, 1.82) is 0 Å². The second kappa shape index (κ2) is 7.13. The number of para-hydroxylation sites is 1. The van der Waals surface area contributed by atoms with Gasteiger partial charge in [0.25, 0.3) is 5.91 Å². The van der Waals surface area contributed by atoms with Crippen LogP contribution in [-0.4, -0.2) is 35.6 Å². The van der Waals surface area contributed by atoms with Crippen molar-refractivity contribution in [2.75, 3.05) is 11.9 Å². The molecule has 0 aromatic heterocycles. The lowest BCUT2D eigenvalue weighted by molar-refractivity contribution is -0.135. The summed E-state index contributed by atoms with van der Waals surface area (Å²) in [6.45, 7) is 3.14. The topological polar surface area (TPSA) is 108 Å². The molecule has 4 N–H and O–H groups in total. The number of carbonyl (C=O) groups is 3. The summed E-state index contributed by atoms with van der Waals surface area (Å²) in [6.07, 6.45) is 0. The number of hydrogen-bond donors (Lipinski definition) is 4. The van der Waals surface area contributed by atoms with Crippen LogP contribution in [0.4, 0.5) is 10.5 Å². The highest BCUT2D eigenvalue weighted by Crippen LogP contribution is 2.14. The highest BCUT2D eigenvalue weighted by Gasteiger charge is 2.13. The number of carboxylic acids is 1. The van der Waals surface area contributed by atoms with Gasteiger partial charge in [0.15, 0.2) is 0 Å². The number of anilines is 1. The normalized spacial score (nSPS) is 9.95. The molecule has 0 aliphatic rings. The van der Waals surface area contributed by atoms with Crippen LogP contribution in [-0.2, 0) is 4.79 Å². The molecule has 0 unspecified atom stereocenters. The molecule has 7 nitrogen and oxygen atoms in total. The first kappa shape index (κ1) is 15.5. The molecule has 3 amide bonds. The molecule has 0 heterocycles. The lowest BCUT2D eigenvalue weighted by Crippen LogP contribution is -2.35. The third-order valence-electron chi connectivity index (χ3n) is 2.24. The van der Waals surface area contributed by atoms with E-state index in [0.29, 0.717) is 5.69 Å². The lowest BCUT2D eigenvalue weighted by Gasteiger charge is -2.13. The SMILES string of the molecule is CC(C)NC(=O)Nc1ccccc1C(=O)NCC(=O)O. The molecule has 20 heavy (non-hydrogen) atoms. The summed E-state index contributed by atoms with van der Waals surface area (Å²) in [5, 5.41) is 16.0. The summed E-state index contributed by atoms with van der Waals surface area (Å²) >= 11 is 0. The molecule has 108 valence electrons. The predicted octanol–water partition coefficient (Wildman–Crippen LogP) is 1.03. The van der Waals surface area contributed by atoms with E-state index in [4.69, 9.17) is 5.11 Å². The summed E-state index contributed by atoms with van der Waals surface area (Å²) in [6, 6.07) is 5.89. The van der Waals surface area contributed by atoms with E-state index in [9.17, 15) is 14.4 Å². The number of amides is 3. The zero-order valence-electron chi connectivity index (χ0n) is 11.3. The van der Waals surface area contributed by atoms with Gasteiger partial charge in [-0.3, -0.25) is 9.59 Å². The molecular formula is C13H17N3O4. The van der Waals surface area contributed by atoms with Gasteiger partial charge in [-0.2, -0.15) is 0 Å². The van der Waals surface area contributed by atoms with Crippen LogP contribution in [0.1, 0.15) is 24.2 Å². The molecule has 0 bridgehead atoms. The Bertz CT molecular complexity index is 514. The van der Waals surface area contributed by atoms with E-state index in [1.165, 1.54) is 6.07 Å². The van der Waals surface area contributed by atoms with Gasteiger partial charge >= 0.3 is 12.0 Å². The minimum Gasteiger partial charge on any atom is -0.480 e. The van der Waals surface area contributed by atoms with Gasteiger partial charge in [-0.1, -0.05) is 12.1 Å². The Morgan fingerprint density at radius 3 is 2.45 bits per heavy atom. The largest absolute Gasteiger partial charge is 0.480 e. The quantitative estimate of drug-likeness (QED) is 0.645. The Morgan fingerprint density at radius 1 is 1.20 bits per heavy atom. The van der Waals surface area contributed by atoms with E-state index < -0.39 is 24.5 Å². The fourth-order valence-electron chi connectivity index (χ4n) is 1.46. The molecule has 0 saturated heterocycles. The van der Waals surface area contributed by atoms with E-state index in [1.54, 1.807) is 18.2 Å². The number of carboxylic acid groups (broad SMARTS) is 1. The second-order valence-electron chi connectivity index (χ2n) is 4.38. The first-order chi connectivity index (χ1) is 9.40. The van der Waals surface area contributed by atoms with Crippen LogP contribution in [0.2, 0.25) is 0 Å². The molecule has 0 fully saturated rings. The fraction of sp³-hybridized carbons (Fsp3) is 0.308. The maximum Gasteiger partial charge on any atom is 0.322 e. The Morgan fingerprint density at radius 2 is 1.85 bits per heavy atom. The number of carbonyl (C=O) groups excluding carboxylic acids is 2. The molecule has 1 aromatic rings. The fourth-order valence-corrected chi connectivity index (χ4v) is 1.46. The highest BCUT2D eigenvalue weighted by atomic mass is 16.4. The summed E-state index contributed by atoms with van der Waals surface area (Å²) in [4.78, 5) is 33.9. The molecular weight excluding hydrogens is 262 g/mol. The minimum absolute atomic E-state index is 0.0389. The number of rotatable bonds is 5. The lowest BCUT2D eigenvalue weighted by atomic mass is 10.1. The van der Waals surface area contributed by atoms with Crippen molar-refractivity contribution in [2.24, 2.45) is 0 Å². The molecule has 1 rings (SSSR count). The summed E-state index contributed by atoms with van der Waals surface area (Å²) in [5.41, 5.74) is 0.515. The Balaban J connectivity index is 2.79. The Kier molecular flexibility index (Phi) is 5.52. The average Bonchev–Trinajstić information content (AvgIpc) is 2.35. The van der Waals surface area contributed by atoms with Crippen molar-refractivity contribution in [3.8, 4) is 0 Å². The first-order valence-corrected chi connectivity index (χ1v) is 6.06. The van der Waals surface area contributed by atoms with Crippen LogP contribution in [0.5, 0.6) is 0 Å². The third-order valence-corrected chi connectivity index (χ3v) is 2.24. The number of aliphatic carboxylic acids is 1. The maximum atomic E-state index is 11.8. The molecule has 7 heteroatoms. The second-order valence-corrected chi connectivity index (χ2v) is 4.38. The smallest absolute Gasteiger partial charge is 0.322 e. The van der Waals surface area contributed by atoms with Crippen molar-refractivity contribution in [3.63, 3.8) is 0 Å². The number of hydrogen-bond acceptors (Lipinski definition) is 3. The van der Waals surface area contributed by atoms with E-state index in [0.717, 1.165) is 0 Å². The van der Waals surface area contributed by atoms with Gasteiger partial charge in [-0.15, -0.1) is 0 Å². The number of benzene rings is 1. The van der Waals surface area contributed by atoms with Gasteiger partial charge in [0, 0.05) is 6.04 Å². The van der Waals surface area contributed by atoms with Crippen molar-refractivity contribution < 1.29 is 19.5 Å². The van der Waals surface area contributed by atoms with Crippen LogP contribution in [0, 0.1) is 0 Å². The number of nitrogens with one attached hydrogen (secondary N) is 3.